The van der Waals surface area contributed by atoms with Crippen molar-refractivity contribution in [2.24, 2.45) is 0 Å². The molecule has 9 rings (SSSR count). The molecule has 4 aromatic carbocycles. The third kappa shape index (κ3) is 4.89. The number of hydrogen-bond acceptors (Lipinski definition) is 3. The summed E-state index contributed by atoms with van der Waals surface area (Å²) in [5, 5.41) is 32.1. The van der Waals surface area contributed by atoms with Crippen LogP contribution in [0.25, 0.3) is 56.5 Å². The molecule has 6 aromatic rings. The molecule has 2 aromatic heterocycles. The molecule has 0 saturated heterocycles. The van der Waals surface area contributed by atoms with Gasteiger partial charge in [-0.1, -0.05) is 66.8 Å². The number of para-hydroxylation sites is 1. The minimum Gasteiger partial charge on any atom is -0.309 e. The van der Waals surface area contributed by atoms with Crippen molar-refractivity contribution in [1.82, 2.24) is 9.13 Å². The molecule has 0 radical (unpaired) electrons. The molecule has 0 saturated carbocycles. The van der Waals surface area contributed by atoms with Crippen LogP contribution in [-0.2, 0) is 12.8 Å². The molecular weight excluding hydrogens is 623 g/mol. The van der Waals surface area contributed by atoms with Crippen LogP contribution in [0, 0.1) is 34.0 Å². The van der Waals surface area contributed by atoms with E-state index in [0.29, 0.717) is 23.1 Å². The number of fused-ring (bicyclic) bond motifs is 6. The first kappa shape index (κ1) is 30.2. The van der Waals surface area contributed by atoms with Crippen LogP contribution in [0.4, 0.5) is 0 Å². The number of rotatable bonds is 4. The second kappa shape index (κ2) is 12.2. The second-order valence-electron chi connectivity index (χ2n) is 13.3. The summed E-state index contributed by atoms with van der Waals surface area (Å²) in [6.07, 6.45) is 22.2. The molecule has 0 N–H and O–H groups in total. The normalized spacial score (nSPS) is 14.6. The average molecular weight is 654 g/mol. The lowest BCUT2D eigenvalue weighted by Crippen LogP contribution is -2.06. The molecule has 0 atom stereocenters. The fourth-order valence-corrected chi connectivity index (χ4v) is 8.14. The Morgan fingerprint density at radius 3 is 2.00 bits per heavy atom. The van der Waals surface area contributed by atoms with E-state index in [1.807, 2.05) is 48.5 Å². The van der Waals surface area contributed by atoms with E-state index in [-0.39, 0.29) is 0 Å². The Hall–Kier alpha value is -6.87. The Bertz CT molecular complexity index is 2710. The quantitative estimate of drug-likeness (QED) is 0.190. The average Bonchev–Trinajstić information content (AvgIpc) is 3.57. The summed E-state index contributed by atoms with van der Waals surface area (Å²) in [5.41, 5.74) is 15.2. The predicted molar refractivity (Wildman–Crippen MR) is 205 cm³/mol. The van der Waals surface area contributed by atoms with Gasteiger partial charge < -0.3 is 9.13 Å². The van der Waals surface area contributed by atoms with Gasteiger partial charge in [0, 0.05) is 27.7 Å². The minimum absolute atomic E-state index is 0.576. The van der Waals surface area contributed by atoms with Crippen molar-refractivity contribution in [1.29, 1.82) is 15.8 Å². The molecule has 5 nitrogen and oxygen atoms in total. The minimum atomic E-state index is 0.576. The van der Waals surface area contributed by atoms with Crippen LogP contribution in [0.5, 0.6) is 0 Å². The summed E-state index contributed by atoms with van der Waals surface area (Å²) < 4.78 is 4.53. The summed E-state index contributed by atoms with van der Waals surface area (Å²) in [6, 6.07) is 33.3. The van der Waals surface area contributed by atoms with E-state index >= 15 is 0 Å². The molecule has 0 spiro atoms. The van der Waals surface area contributed by atoms with Crippen LogP contribution in [0.2, 0.25) is 0 Å². The molecule has 0 aliphatic heterocycles. The van der Waals surface area contributed by atoms with E-state index in [9.17, 15) is 15.8 Å². The zero-order valence-electron chi connectivity index (χ0n) is 27.9. The van der Waals surface area contributed by atoms with Crippen molar-refractivity contribution in [3.8, 4) is 29.6 Å². The van der Waals surface area contributed by atoms with Crippen LogP contribution >= 0.6 is 0 Å². The van der Waals surface area contributed by atoms with Crippen molar-refractivity contribution < 1.29 is 0 Å². The largest absolute Gasteiger partial charge is 0.309 e. The zero-order chi connectivity index (χ0) is 34.5. The first-order valence-electron chi connectivity index (χ1n) is 17.4. The standard InChI is InChI=1S/C46H31N5/c47-27-30-18-22-44-40(23-30)39-13-5-8-16-43(39)51(44)46-24-31(28-48)17-21-36(46)34-10-2-1-9-32(25-34)33-19-20-35(29-49)45(26-33)50-41-14-6-3-11-37(41)38-12-4-7-15-42(38)50/h1-2,5-10,13-24,26H,3-4,11-12,25H2. The highest BCUT2D eigenvalue weighted by molar-refractivity contribution is 6.10. The van der Waals surface area contributed by atoms with E-state index in [1.54, 1.807) is 0 Å². The van der Waals surface area contributed by atoms with Gasteiger partial charge in [0.05, 0.1) is 51.2 Å². The van der Waals surface area contributed by atoms with Crippen molar-refractivity contribution in [2.75, 3.05) is 0 Å². The highest BCUT2D eigenvalue weighted by atomic mass is 15.0. The maximum atomic E-state index is 10.3. The number of nitrogens with zero attached hydrogens (tertiary/aromatic N) is 5. The van der Waals surface area contributed by atoms with Gasteiger partial charge in [0.15, 0.2) is 0 Å². The van der Waals surface area contributed by atoms with Gasteiger partial charge in [-0.15, -0.1) is 0 Å². The predicted octanol–water partition coefficient (Wildman–Crippen LogP) is 10.5. The Morgan fingerprint density at radius 1 is 0.569 bits per heavy atom. The van der Waals surface area contributed by atoms with Crippen molar-refractivity contribution in [3.05, 3.63) is 166 Å². The summed E-state index contributed by atoms with van der Waals surface area (Å²) in [6.45, 7) is 0. The van der Waals surface area contributed by atoms with Gasteiger partial charge in [0.25, 0.3) is 0 Å². The van der Waals surface area contributed by atoms with Gasteiger partial charge in [0.1, 0.15) is 6.07 Å². The van der Waals surface area contributed by atoms with E-state index in [2.05, 4.69) is 106 Å². The molecule has 0 unspecified atom stereocenters. The molecule has 0 bridgehead atoms. The summed E-state index contributed by atoms with van der Waals surface area (Å²) >= 11 is 0. The smallest absolute Gasteiger partial charge is 0.101 e. The molecule has 0 fully saturated rings. The lowest BCUT2D eigenvalue weighted by atomic mass is 9.92. The maximum Gasteiger partial charge on any atom is 0.101 e. The van der Waals surface area contributed by atoms with E-state index < -0.39 is 0 Å². The van der Waals surface area contributed by atoms with E-state index in [1.165, 1.54) is 22.5 Å². The third-order valence-electron chi connectivity index (χ3n) is 10.5. The second-order valence-corrected chi connectivity index (χ2v) is 13.3. The maximum absolute atomic E-state index is 10.3. The van der Waals surface area contributed by atoms with Crippen LogP contribution in [0.1, 0.15) is 69.6 Å². The fourth-order valence-electron chi connectivity index (χ4n) is 8.14. The van der Waals surface area contributed by atoms with E-state index in [4.69, 9.17) is 0 Å². The number of nitriles is 3. The number of hydrogen-bond donors (Lipinski definition) is 0. The third-order valence-corrected chi connectivity index (χ3v) is 10.5. The summed E-state index contributed by atoms with van der Waals surface area (Å²) in [5.74, 6) is 0. The van der Waals surface area contributed by atoms with Crippen LogP contribution < -0.4 is 0 Å². The molecule has 240 valence electrons. The molecule has 51 heavy (non-hydrogen) atoms. The topological polar surface area (TPSA) is 81.2 Å². The number of allylic oxidation sites excluding steroid dienone is 8. The fraction of sp³-hybridized carbons (Fsp3) is 0.109. The highest BCUT2D eigenvalue weighted by Crippen LogP contribution is 2.41. The van der Waals surface area contributed by atoms with Gasteiger partial charge in [-0.25, -0.2) is 0 Å². The lowest BCUT2D eigenvalue weighted by molar-refractivity contribution is 0.922. The van der Waals surface area contributed by atoms with Crippen LogP contribution in [0.3, 0.4) is 0 Å². The van der Waals surface area contributed by atoms with Gasteiger partial charge in [-0.2, -0.15) is 15.8 Å². The van der Waals surface area contributed by atoms with Crippen molar-refractivity contribution in [3.63, 3.8) is 0 Å². The summed E-state index contributed by atoms with van der Waals surface area (Å²) in [4.78, 5) is 0. The molecule has 2 heterocycles. The van der Waals surface area contributed by atoms with Gasteiger partial charge in [-0.05, 0) is 121 Å². The Morgan fingerprint density at radius 2 is 1.25 bits per heavy atom. The van der Waals surface area contributed by atoms with Crippen molar-refractivity contribution in [2.45, 2.75) is 32.1 Å². The SMILES string of the molecule is N#Cc1ccc(C2=CC=CC=C(c3ccc(C#N)c(-n4c5c(c6c4C=CCC6)CCC=C5)c3)C2)c(-n2c3ccccc3c3cc(C#N)ccc32)c1. The van der Waals surface area contributed by atoms with Gasteiger partial charge >= 0.3 is 0 Å². The molecule has 3 aliphatic carbocycles. The van der Waals surface area contributed by atoms with Crippen LogP contribution in [-0.4, -0.2) is 9.13 Å². The molecule has 3 aliphatic rings. The molecular formula is C46H31N5. The first-order valence-corrected chi connectivity index (χ1v) is 17.4. The number of benzene rings is 4. The lowest BCUT2D eigenvalue weighted by Gasteiger charge is -2.19. The highest BCUT2D eigenvalue weighted by Gasteiger charge is 2.25. The monoisotopic (exact) mass is 653 g/mol. The van der Waals surface area contributed by atoms with Crippen molar-refractivity contribution >= 4 is 45.1 Å². The van der Waals surface area contributed by atoms with E-state index in [0.717, 1.165) is 81.1 Å². The Labute approximate surface area is 296 Å². The Kier molecular flexibility index (Phi) is 7.24. The van der Waals surface area contributed by atoms with Crippen LogP contribution in [0.15, 0.2) is 115 Å². The first-order chi connectivity index (χ1) is 25.2. The zero-order valence-corrected chi connectivity index (χ0v) is 27.9. The van der Waals surface area contributed by atoms with Gasteiger partial charge in [0.2, 0.25) is 0 Å². The summed E-state index contributed by atoms with van der Waals surface area (Å²) in [7, 11) is 0. The molecule has 5 heteroatoms. The van der Waals surface area contributed by atoms with Gasteiger partial charge in [-0.3, -0.25) is 0 Å². The Balaban J connectivity index is 1.18. The molecule has 0 amide bonds. The number of aromatic nitrogens is 2.